The lowest BCUT2D eigenvalue weighted by Gasteiger charge is -1.92. The predicted molar refractivity (Wildman–Crippen MR) is 48.2 cm³/mol. The molecular formula is C8H9NO5. The summed E-state index contributed by atoms with van der Waals surface area (Å²) in [5, 5.41) is 25.7. The molecule has 0 atom stereocenters. The summed E-state index contributed by atoms with van der Waals surface area (Å²) in [4.78, 5) is 19.9. The van der Waals surface area contributed by atoms with Gasteiger partial charge < -0.3 is 10.2 Å². The van der Waals surface area contributed by atoms with Gasteiger partial charge in [-0.15, -0.1) is 0 Å². The Labute approximate surface area is 79.6 Å². The van der Waals surface area contributed by atoms with Crippen molar-refractivity contribution in [3.63, 3.8) is 0 Å². The summed E-state index contributed by atoms with van der Waals surface area (Å²) in [6, 6.07) is 4.89. The number of non-ortho nitro benzene ring substituents is 1. The number of aromatic carboxylic acids is 1. The van der Waals surface area contributed by atoms with Crippen LogP contribution in [-0.4, -0.2) is 28.2 Å². The van der Waals surface area contributed by atoms with Crippen molar-refractivity contribution in [2.75, 3.05) is 7.11 Å². The van der Waals surface area contributed by atoms with E-state index in [0.717, 1.165) is 13.2 Å². The molecule has 0 aromatic heterocycles. The highest BCUT2D eigenvalue weighted by atomic mass is 16.6. The number of aliphatic hydroxyl groups is 1. The molecule has 0 unspecified atom stereocenters. The Morgan fingerprint density at radius 3 is 2.43 bits per heavy atom. The molecular weight excluding hydrogens is 190 g/mol. The highest BCUT2D eigenvalue weighted by Crippen LogP contribution is 2.12. The van der Waals surface area contributed by atoms with Crippen LogP contribution in [0.2, 0.25) is 0 Å². The summed E-state index contributed by atoms with van der Waals surface area (Å²) in [5.74, 6) is -1.17. The number of rotatable bonds is 2. The number of nitro benzene ring substituents is 1. The van der Waals surface area contributed by atoms with Crippen LogP contribution in [0.15, 0.2) is 24.3 Å². The minimum Gasteiger partial charge on any atom is -0.478 e. The summed E-state index contributed by atoms with van der Waals surface area (Å²) in [5.41, 5.74) is -0.292. The van der Waals surface area contributed by atoms with Crippen LogP contribution in [0.1, 0.15) is 10.4 Å². The second-order valence-electron chi connectivity index (χ2n) is 2.11. The average molecular weight is 199 g/mol. The van der Waals surface area contributed by atoms with E-state index < -0.39 is 10.9 Å². The average Bonchev–Trinajstić information content (AvgIpc) is 2.21. The van der Waals surface area contributed by atoms with Crippen LogP contribution < -0.4 is 0 Å². The molecule has 0 saturated carbocycles. The normalized spacial score (nSPS) is 8.43. The Bertz CT molecular complexity index is 307. The lowest BCUT2D eigenvalue weighted by molar-refractivity contribution is -0.384. The molecule has 1 rings (SSSR count). The van der Waals surface area contributed by atoms with Crippen molar-refractivity contribution in [3.05, 3.63) is 39.9 Å². The zero-order valence-electron chi connectivity index (χ0n) is 7.38. The topological polar surface area (TPSA) is 101 Å². The van der Waals surface area contributed by atoms with Crippen LogP contribution in [0.25, 0.3) is 0 Å². The number of nitro groups is 1. The Morgan fingerprint density at radius 2 is 2.00 bits per heavy atom. The van der Waals surface area contributed by atoms with Gasteiger partial charge in [0.25, 0.3) is 5.69 Å². The zero-order valence-corrected chi connectivity index (χ0v) is 7.38. The molecule has 1 aromatic rings. The molecule has 6 nitrogen and oxygen atoms in total. The summed E-state index contributed by atoms with van der Waals surface area (Å²) in [7, 11) is 1.00. The number of hydrogen-bond acceptors (Lipinski definition) is 4. The third kappa shape index (κ3) is 3.20. The molecule has 0 heterocycles. The summed E-state index contributed by atoms with van der Waals surface area (Å²) in [6.07, 6.45) is 0. The van der Waals surface area contributed by atoms with Crippen molar-refractivity contribution < 1.29 is 19.9 Å². The minimum atomic E-state index is -1.17. The molecule has 0 aliphatic heterocycles. The van der Waals surface area contributed by atoms with Gasteiger partial charge in [-0.05, 0) is 6.07 Å². The van der Waals surface area contributed by atoms with E-state index in [9.17, 15) is 14.9 Å². The van der Waals surface area contributed by atoms with E-state index in [1.807, 2.05) is 0 Å². The zero-order chi connectivity index (χ0) is 11.1. The number of carbonyl (C=O) groups is 1. The second-order valence-corrected chi connectivity index (χ2v) is 2.11. The molecule has 2 N–H and O–H groups in total. The molecule has 0 amide bonds. The van der Waals surface area contributed by atoms with Gasteiger partial charge in [0.15, 0.2) is 0 Å². The van der Waals surface area contributed by atoms with E-state index >= 15 is 0 Å². The first-order valence-corrected chi connectivity index (χ1v) is 3.54. The molecule has 0 radical (unpaired) electrons. The van der Waals surface area contributed by atoms with Gasteiger partial charge in [0.05, 0.1) is 10.5 Å². The van der Waals surface area contributed by atoms with Crippen molar-refractivity contribution in [3.8, 4) is 0 Å². The van der Waals surface area contributed by atoms with E-state index in [2.05, 4.69) is 0 Å². The summed E-state index contributed by atoms with van der Waals surface area (Å²) >= 11 is 0. The highest BCUT2D eigenvalue weighted by molar-refractivity contribution is 5.88. The van der Waals surface area contributed by atoms with Gasteiger partial charge in [-0.1, -0.05) is 6.07 Å². The van der Waals surface area contributed by atoms with Crippen molar-refractivity contribution in [1.29, 1.82) is 0 Å². The van der Waals surface area contributed by atoms with Crippen molar-refractivity contribution >= 4 is 11.7 Å². The van der Waals surface area contributed by atoms with Crippen molar-refractivity contribution in [2.45, 2.75) is 0 Å². The standard InChI is InChI=1S/C7H5NO4.CH4O/c9-7(10)5-2-1-3-6(4-5)8(11)12;1-2/h1-4H,(H,9,10);2H,1H3. The maximum absolute atomic E-state index is 10.4. The first-order chi connectivity index (χ1) is 6.61. The van der Waals surface area contributed by atoms with E-state index in [4.69, 9.17) is 10.2 Å². The van der Waals surface area contributed by atoms with Gasteiger partial charge in [0.1, 0.15) is 0 Å². The summed E-state index contributed by atoms with van der Waals surface area (Å²) < 4.78 is 0. The van der Waals surface area contributed by atoms with E-state index in [1.165, 1.54) is 18.2 Å². The van der Waals surface area contributed by atoms with Gasteiger partial charge in [0, 0.05) is 19.2 Å². The maximum Gasteiger partial charge on any atom is 0.335 e. The van der Waals surface area contributed by atoms with Crippen molar-refractivity contribution in [2.24, 2.45) is 0 Å². The number of aliphatic hydroxyl groups excluding tert-OH is 1. The number of nitrogens with zero attached hydrogens (tertiary/aromatic N) is 1. The predicted octanol–water partition coefficient (Wildman–Crippen LogP) is 0.901. The lowest BCUT2D eigenvalue weighted by Crippen LogP contribution is -1.97. The maximum atomic E-state index is 10.4. The number of hydrogen-bond donors (Lipinski definition) is 2. The quantitative estimate of drug-likeness (QED) is 0.544. The summed E-state index contributed by atoms with van der Waals surface area (Å²) in [6.45, 7) is 0. The van der Waals surface area contributed by atoms with Crippen LogP contribution in [0.5, 0.6) is 0 Å². The fourth-order valence-electron chi connectivity index (χ4n) is 0.753. The molecule has 0 bridgehead atoms. The molecule has 1 aromatic carbocycles. The van der Waals surface area contributed by atoms with Gasteiger partial charge in [-0.3, -0.25) is 10.1 Å². The smallest absolute Gasteiger partial charge is 0.335 e. The molecule has 0 saturated heterocycles. The molecule has 14 heavy (non-hydrogen) atoms. The van der Waals surface area contributed by atoms with Crippen LogP contribution in [0, 0.1) is 10.1 Å². The van der Waals surface area contributed by atoms with Gasteiger partial charge >= 0.3 is 5.97 Å². The fourth-order valence-corrected chi connectivity index (χ4v) is 0.753. The minimum absolute atomic E-state index is 0.0794. The molecule has 6 heteroatoms. The van der Waals surface area contributed by atoms with E-state index in [0.29, 0.717) is 0 Å². The van der Waals surface area contributed by atoms with E-state index in [-0.39, 0.29) is 11.3 Å². The Morgan fingerprint density at radius 1 is 1.43 bits per heavy atom. The van der Waals surface area contributed by atoms with Crippen LogP contribution >= 0.6 is 0 Å². The first kappa shape index (κ1) is 12.0. The molecule has 0 aliphatic carbocycles. The number of carboxylic acid groups (broad SMARTS) is 1. The first-order valence-electron chi connectivity index (χ1n) is 3.54. The van der Waals surface area contributed by atoms with Crippen LogP contribution in [0.4, 0.5) is 5.69 Å². The van der Waals surface area contributed by atoms with Crippen molar-refractivity contribution in [1.82, 2.24) is 0 Å². The fraction of sp³-hybridized carbons (Fsp3) is 0.125. The van der Waals surface area contributed by atoms with Crippen LogP contribution in [0.3, 0.4) is 0 Å². The third-order valence-electron chi connectivity index (χ3n) is 1.30. The molecule has 0 fully saturated rings. The molecule has 0 aliphatic rings. The second kappa shape index (κ2) is 5.65. The van der Waals surface area contributed by atoms with Crippen LogP contribution in [-0.2, 0) is 0 Å². The largest absolute Gasteiger partial charge is 0.478 e. The SMILES string of the molecule is CO.O=C(O)c1cccc([N+](=O)[O-])c1. The lowest BCUT2D eigenvalue weighted by atomic mass is 10.2. The monoisotopic (exact) mass is 199 g/mol. The number of carboxylic acids is 1. The van der Waals surface area contributed by atoms with Gasteiger partial charge in [-0.2, -0.15) is 0 Å². The Balaban J connectivity index is 0.000000791. The van der Waals surface area contributed by atoms with Gasteiger partial charge in [-0.25, -0.2) is 4.79 Å². The highest BCUT2D eigenvalue weighted by Gasteiger charge is 2.08. The Hall–Kier alpha value is -1.95. The molecule has 0 spiro atoms. The molecule has 76 valence electrons. The number of benzene rings is 1. The van der Waals surface area contributed by atoms with E-state index in [1.54, 1.807) is 0 Å². The van der Waals surface area contributed by atoms with Gasteiger partial charge in [0.2, 0.25) is 0 Å². The Kier molecular flexibility index (Phi) is 4.87. The third-order valence-corrected chi connectivity index (χ3v) is 1.30.